The molecule has 4 heteroatoms. The molecule has 1 aromatic carbocycles. The van der Waals surface area contributed by atoms with E-state index < -0.39 is 0 Å². The van der Waals surface area contributed by atoms with Crippen LogP contribution in [0.25, 0.3) is 0 Å². The lowest BCUT2D eigenvalue weighted by Gasteiger charge is -2.28. The summed E-state index contributed by atoms with van der Waals surface area (Å²) in [6, 6.07) is 8.02. The number of nitrogens with two attached hydrogens (primary N) is 1. The normalized spacial score (nSPS) is 13.1. The molecule has 0 spiro atoms. The lowest BCUT2D eigenvalue weighted by Crippen LogP contribution is -2.38. The van der Waals surface area contributed by atoms with Gasteiger partial charge in [-0.1, -0.05) is 48.8 Å². The quantitative estimate of drug-likeness (QED) is 0.892. The van der Waals surface area contributed by atoms with E-state index in [9.17, 15) is 4.79 Å². The topological polar surface area (TPSA) is 46.3 Å². The Morgan fingerprint density at radius 2 is 1.85 bits per heavy atom. The maximum absolute atomic E-state index is 12.5. The third-order valence-corrected chi connectivity index (χ3v) is 3.73. The average molecular weight is 341 g/mol. The van der Waals surface area contributed by atoms with Crippen LogP contribution < -0.4 is 5.73 Å². The third kappa shape index (κ3) is 5.63. The molecule has 1 rings (SSSR count). The first-order valence-electron chi connectivity index (χ1n) is 6.92. The molecule has 0 radical (unpaired) electrons. The predicted molar refractivity (Wildman–Crippen MR) is 87.2 cm³/mol. The number of rotatable bonds is 5. The van der Waals surface area contributed by atoms with Crippen molar-refractivity contribution in [1.29, 1.82) is 0 Å². The van der Waals surface area contributed by atoms with E-state index in [-0.39, 0.29) is 17.2 Å². The number of hydrogen-bond acceptors (Lipinski definition) is 2. The largest absolute Gasteiger partial charge is 0.341 e. The summed E-state index contributed by atoms with van der Waals surface area (Å²) in [5.41, 5.74) is 7.01. The molecule has 0 aliphatic heterocycles. The Bertz CT molecular complexity index is 437. The second-order valence-electron chi connectivity index (χ2n) is 6.52. The Kier molecular flexibility index (Phi) is 6.21. The van der Waals surface area contributed by atoms with Crippen LogP contribution in [0.2, 0.25) is 0 Å². The van der Waals surface area contributed by atoms with Crippen LogP contribution >= 0.6 is 15.9 Å². The van der Waals surface area contributed by atoms with E-state index in [1.807, 2.05) is 31.3 Å². The molecule has 1 atom stereocenters. The number of benzene rings is 1. The second-order valence-corrected chi connectivity index (χ2v) is 7.43. The van der Waals surface area contributed by atoms with Gasteiger partial charge in [0.25, 0.3) is 0 Å². The first-order chi connectivity index (χ1) is 9.23. The van der Waals surface area contributed by atoms with Crippen molar-refractivity contribution in [2.24, 2.45) is 17.1 Å². The van der Waals surface area contributed by atoms with E-state index in [2.05, 4.69) is 36.7 Å². The zero-order valence-corrected chi connectivity index (χ0v) is 14.4. The van der Waals surface area contributed by atoms with Gasteiger partial charge in [0.15, 0.2) is 0 Å². The van der Waals surface area contributed by atoms with Gasteiger partial charge in [-0.3, -0.25) is 4.79 Å². The van der Waals surface area contributed by atoms with E-state index in [4.69, 9.17) is 5.73 Å². The SMILES string of the molecule is CN(Cc1ccc(Br)cc1)C(=O)C(CN)CC(C)(C)C. The molecule has 2 N–H and O–H groups in total. The van der Waals surface area contributed by atoms with Crippen LogP contribution in [0, 0.1) is 11.3 Å². The molecule has 0 heterocycles. The van der Waals surface area contributed by atoms with E-state index in [1.165, 1.54) is 0 Å². The van der Waals surface area contributed by atoms with Crippen molar-refractivity contribution in [3.05, 3.63) is 34.3 Å². The Balaban J connectivity index is 2.67. The third-order valence-electron chi connectivity index (χ3n) is 3.20. The highest BCUT2D eigenvalue weighted by Crippen LogP contribution is 2.25. The van der Waals surface area contributed by atoms with Crippen molar-refractivity contribution in [3.8, 4) is 0 Å². The summed E-state index contributed by atoms with van der Waals surface area (Å²) >= 11 is 3.41. The van der Waals surface area contributed by atoms with Gasteiger partial charge in [0.1, 0.15) is 0 Å². The number of halogens is 1. The smallest absolute Gasteiger partial charge is 0.227 e. The van der Waals surface area contributed by atoms with E-state index in [0.717, 1.165) is 16.5 Å². The standard InChI is InChI=1S/C16H25BrN2O/c1-16(2,3)9-13(10-18)15(20)19(4)11-12-5-7-14(17)8-6-12/h5-8,13H,9-11,18H2,1-4H3. The summed E-state index contributed by atoms with van der Waals surface area (Å²) in [5, 5.41) is 0. The zero-order valence-electron chi connectivity index (χ0n) is 12.8. The number of nitrogens with zero attached hydrogens (tertiary/aromatic N) is 1. The molecule has 112 valence electrons. The van der Waals surface area contributed by atoms with Gasteiger partial charge in [-0.15, -0.1) is 0 Å². The van der Waals surface area contributed by atoms with Gasteiger partial charge in [0, 0.05) is 24.6 Å². The van der Waals surface area contributed by atoms with Crippen LogP contribution in [0.5, 0.6) is 0 Å². The predicted octanol–water partition coefficient (Wildman–Crippen LogP) is 3.42. The van der Waals surface area contributed by atoms with E-state index in [0.29, 0.717) is 13.1 Å². The monoisotopic (exact) mass is 340 g/mol. The van der Waals surface area contributed by atoms with Crippen molar-refractivity contribution in [1.82, 2.24) is 4.90 Å². The highest BCUT2D eigenvalue weighted by atomic mass is 79.9. The molecule has 0 aliphatic carbocycles. The van der Waals surface area contributed by atoms with Gasteiger partial charge in [0.2, 0.25) is 5.91 Å². The fourth-order valence-corrected chi connectivity index (χ4v) is 2.53. The van der Waals surface area contributed by atoms with Crippen LogP contribution in [0.3, 0.4) is 0 Å². The van der Waals surface area contributed by atoms with Crippen LogP contribution in [0.1, 0.15) is 32.8 Å². The minimum atomic E-state index is -0.101. The molecule has 0 aliphatic rings. The summed E-state index contributed by atoms with van der Waals surface area (Å²) in [6.07, 6.45) is 0.813. The lowest BCUT2D eigenvalue weighted by molar-refractivity contribution is -0.135. The van der Waals surface area contributed by atoms with Gasteiger partial charge < -0.3 is 10.6 Å². The van der Waals surface area contributed by atoms with Crippen molar-refractivity contribution in [2.75, 3.05) is 13.6 Å². The summed E-state index contributed by atoms with van der Waals surface area (Å²) in [5.74, 6) is 0.0285. The van der Waals surface area contributed by atoms with E-state index >= 15 is 0 Å². The molecule has 3 nitrogen and oxygen atoms in total. The van der Waals surface area contributed by atoms with Crippen LogP contribution in [-0.4, -0.2) is 24.4 Å². The molecule has 20 heavy (non-hydrogen) atoms. The number of carbonyl (C=O) groups excluding carboxylic acids is 1. The minimum absolute atomic E-state index is 0.101. The Morgan fingerprint density at radius 1 is 1.30 bits per heavy atom. The molecule has 1 aromatic rings. The van der Waals surface area contributed by atoms with Crippen molar-refractivity contribution < 1.29 is 4.79 Å². The van der Waals surface area contributed by atoms with Crippen molar-refractivity contribution in [3.63, 3.8) is 0 Å². The van der Waals surface area contributed by atoms with Gasteiger partial charge >= 0.3 is 0 Å². The summed E-state index contributed by atoms with van der Waals surface area (Å²) in [4.78, 5) is 14.2. The molecule has 0 saturated heterocycles. The van der Waals surface area contributed by atoms with Gasteiger partial charge in [-0.2, -0.15) is 0 Å². The summed E-state index contributed by atoms with van der Waals surface area (Å²) in [7, 11) is 1.84. The maximum Gasteiger partial charge on any atom is 0.227 e. The molecular weight excluding hydrogens is 316 g/mol. The van der Waals surface area contributed by atoms with Crippen LogP contribution in [0.15, 0.2) is 28.7 Å². The van der Waals surface area contributed by atoms with Gasteiger partial charge in [-0.05, 0) is 29.5 Å². The first-order valence-corrected chi connectivity index (χ1v) is 7.72. The Labute approximate surface area is 130 Å². The molecule has 0 aromatic heterocycles. The number of carbonyl (C=O) groups is 1. The van der Waals surface area contributed by atoms with Gasteiger partial charge in [0.05, 0.1) is 5.92 Å². The summed E-state index contributed by atoms with van der Waals surface area (Å²) < 4.78 is 1.04. The molecule has 0 bridgehead atoms. The Hall–Kier alpha value is -0.870. The fourth-order valence-electron chi connectivity index (χ4n) is 2.26. The Morgan fingerprint density at radius 3 is 2.30 bits per heavy atom. The van der Waals surface area contributed by atoms with E-state index in [1.54, 1.807) is 4.90 Å². The highest BCUT2D eigenvalue weighted by molar-refractivity contribution is 9.10. The molecule has 1 amide bonds. The summed E-state index contributed by atoms with van der Waals surface area (Å²) in [6.45, 7) is 7.43. The number of hydrogen-bond donors (Lipinski definition) is 1. The number of amides is 1. The second kappa shape index (κ2) is 7.23. The maximum atomic E-state index is 12.5. The molecule has 0 saturated carbocycles. The molecule has 1 unspecified atom stereocenters. The average Bonchev–Trinajstić information content (AvgIpc) is 2.36. The van der Waals surface area contributed by atoms with Crippen LogP contribution in [-0.2, 0) is 11.3 Å². The van der Waals surface area contributed by atoms with Crippen LogP contribution in [0.4, 0.5) is 0 Å². The van der Waals surface area contributed by atoms with Crippen molar-refractivity contribution >= 4 is 21.8 Å². The van der Waals surface area contributed by atoms with Gasteiger partial charge in [-0.25, -0.2) is 0 Å². The fraction of sp³-hybridized carbons (Fsp3) is 0.562. The first kappa shape index (κ1) is 17.2. The minimum Gasteiger partial charge on any atom is -0.341 e. The molecular formula is C16H25BrN2O. The zero-order chi connectivity index (χ0) is 15.3. The molecule has 0 fully saturated rings. The van der Waals surface area contributed by atoms with Crippen molar-refractivity contribution in [2.45, 2.75) is 33.7 Å². The lowest BCUT2D eigenvalue weighted by atomic mass is 9.84. The highest BCUT2D eigenvalue weighted by Gasteiger charge is 2.26.